The van der Waals surface area contributed by atoms with Crippen LogP contribution >= 0.6 is 11.8 Å². The summed E-state index contributed by atoms with van der Waals surface area (Å²) in [4.78, 5) is 24.3. The van der Waals surface area contributed by atoms with Crippen molar-refractivity contribution >= 4 is 34.5 Å². The molecule has 2 heterocycles. The maximum absolute atomic E-state index is 12.5. The zero-order chi connectivity index (χ0) is 16.2. The van der Waals surface area contributed by atoms with E-state index in [2.05, 4.69) is 20.3 Å². The summed E-state index contributed by atoms with van der Waals surface area (Å²) < 4.78 is 0. The van der Waals surface area contributed by atoms with Gasteiger partial charge < -0.3 is 10.3 Å². The van der Waals surface area contributed by atoms with E-state index in [1.807, 2.05) is 50.2 Å². The van der Waals surface area contributed by atoms with Crippen LogP contribution in [0.3, 0.4) is 0 Å². The van der Waals surface area contributed by atoms with E-state index in [9.17, 15) is 4.79 Å². The Labute approximate surface area is 138 Å². The SMILES string of the molecule is CCC(Sc1nc2ncccc2[nH]1)C(=O)Nc1cccc(C)c1. The molecule has 0 saturated heterocycles. The Hall–Kier alpha value is -2.34. The Balaban J connectivity index is 1.72. The number of hydrogen-bond donors (Lipinski definition) is 2. The van der Waals surface area contributed by atoms with Crippen LogP contribution in [0.2, 0.25) is 0 Å². The highest BCUT2D eigenvalue weighted by Gasteiger charge is 2.20. The quantitative estimate of drug-likeness (QED) is 0.700. The molecular weight excluding hydrogens is 308 g/mol. The molecule has 3 rings (SSSR count). The molecule has 0 aliphatic rings. The first-order valence-corrected chi connectivity index (χ1v) is 8.38. The van der Waals surface area contributed by atoms with Crippen LogP contribution in [0.15, 0.2) is 47.8 Å². The van der Waals surface area contributed by atoms with Gasteiger partial charge in [-0.2, -0.15) is 0 Å². The third kappa shape index (κ3) is 3.71. The second-order valence-corrected chi connectivity index (χ2v) is 6.48. The van der Waals surface area contributed by atoms with E-state index in [0.29, 0.717) is 17.2 Å². The Morgan fingerprint density at radius 1 is 1.35 bits per heavy atom. The third-order valence-electron chi connectivity index (χ3n) is 3.44. The van der Waals surface area contributed by atoms with E-state index in [1.165, 1.54) is 11.8 Å². The number of aryl methyl sites for hydroxylation is 1. The molecule has 0 radical (unpaired) electrons. The molecule has 0 fully saturated rings. The number of benzene rings is 1. The predicted molar refractivity (Wildman–Crippen MR) is 93.6 cm³/mol. The minimum absolute atomic E-state index is 0.0171. The lowest BCUT2D eigenvalue weighted by Gasteiger charge is -2.13. The van der Waals surface area contributed by atoms with Crippen molar-refractivity contribution in [2.24, 2.45) is 0 Å². The number of nitrogens with one attached hydrogen (secondary N) is 2. The lowest BCUT2D eigenvalue weighted by Crippen LogP contribution is -2.24. The van der Waals surface area contributed by atoms with Gasteiger partial charge in [0.1, 0.15) is 0 Å². The monoisotopic (exact) mass is 326 g/mol. The van der Waals surface area contributed by atoms with Gasteiger partial charge in [0.05, 0.1) is 10.8 Å². The van der Waals surface area contributed by atoms with Crippen molar-refractivity contribution in [1.29, 1.82) is 0 Å². The van der Waals surface area contributed by atoms with E-state index in [0.717, 1.165) is 16.8 Å². The molecular formula is C17H18N4OS. The summed E-state index contributed by atoms with van der Waals surface area (Å²) in [7, 11) is 0. The molecule has 1 atom stereocenters. The van der Waals surface area contributed by atoms with Crippen LogP contribution in [0, 0.1) is 6.92 Å². The lowest BCUT2D eigenvalue weighted by atomic mass is 10.2. The number of aromatic nitrogens is 3. The van der Waals surface area contributed by atoms with Crippen LogP contribution < -0.4 is 5.32 Å². The fourth-order valence-corrected chi connectivity index (χ4v) is 3.19. The number of rotatable bonds is 5. The fourth-order valence-electron chi connectivity index (χ4n) is 2.28. The Bertz CT molecular complexity index is 797. The van der Waals surface area contributed by atoms with Crippen molar-refractivity contribution in [3.05, 3.63) is 48.2 Å². The van der Waals surface area contributed by atoms with Gasteiger partial charge >= 0.3 is 0 Å². The van der Waals surface area contributed by atoms with Crippen molar-refractivity contribution in [1.82, 2.24) is 15.0 Å². The summed E-state index contributed by atoms with van der Waals surface area (Å²) in [6, 6.07) is 11.6. The molecule has 6 heteroatoms. The summed E-state index contributed by atoms with van der Waals surface area (Å²) >= 11 is 1.43. The molecule has 0 aliphatic heterocycles. The second kappa shape index (κ2) is 6.83. The normalized spacial score (nSPS) is 12.3. The molecule has 0 bridgehead atoms. The van der Waals surface area contributed by atoms with E-state index < -0.39 is 0 Å². The van der Waals surface area contributed by atoms with Crippen molar-refractivity contribution in [2.45, 2.75) is 30.7 Å². The summed E-state index contributed by atoms with van der Waals surface area (Å²) in [5.74, 6) is -0.0171. The average molecular weight is 326 g/mol. The summed E-state index contributed by atoms with van der Waals surface area (Å²) in [6.45, 7) is 4.00. The van der Waals surface area contributed by atoms with E-state index in [4.69, 9.17) is 0 Å². The number of amides is 1. The topological polar surface area (TPSA) is 70.7 Å². The summed E-state index contributed by atoms with van der Waals surface area (Å²) in [5.41, 5.74) is 3.49. The molecule has 5 nitrogen and oxygen atoms in total. The maximum Gasteiger partial charge on any atom is 0.237 e. The minimum Gasteiger partial charge on any atom is -0.332 e. The van der Waals surface area contributed by atoms with Gasteiger partial charge in [0.15, 0.2) is 10.8 Å². The van der Waals surface area contributed by atoms with Crippen LogP contribution in [-0.4, -0.2) is 26.1 Å². The minimum atomic E-state index is -0.212. The second-order valence-electron chi connectivity index (χ2n) is 5.29. The first kappa shape index (κ1) is 15.6. The largest absolute Gasteiger partial charge is 0.332 e. The van der Waals surface area contributed by atoms with Crippen molar-refractivity contribution < 1.29 is 4.79 Å². The smallest absolute Gasteiger partial charge is 0.237 e. The molecule has 2 N–H and O–H groups in total. The van der Waals surface area contributed by atoms with Gasteiger partial charge in [-0.05, 0) is 43.2 Å². The number of carbonyl (C=O) groups is 1. The number of thioether (sulfide) groups is 1. The van der Waals surface area contributed by atoms with Crippen molar-refractivity contribution in [2.75, 3.05) is 5.32 Å². The fraction of sp³-hybridized carbons (Fsp3) is 0.235. The molecule has 3 aromatic rings. The highest BCUT2D eigenvalue weighted by molar-refractivity contribution is 8.00. The van der Waals surface area contributed by atoms with Gasteiger partial charge in [-0.1, -0.05) is 30.8 Å². The zero-order valence-electron chi connectivity index (χ0n) is 13.0. The molecule has 1 unspecified atom stereocenters. The van der Waals surface area contributed by atoms with E-state index in [1.54, 1.807) is 6.20 Å². The number of pyridine rings is 1. The van der Waals surface area contributed by atoms with Crippen LogP contribution in [0.25, 0.3) is 11.2 Å². The number of aromatic amines is 1. The Kier molecular flexibility index (Phi) is 4.62. The first-order chi connectivity index (χ1) is 11.2. The van der Waals surface area contributed by atoms with Gasteiger partial charge in [-0.25, -0.2) is 9.97 Å². The van der Waals surface area contributed by atoms with E-state index in [-0.39, 0.29) is 11.2 Å². The standard InChI is InChI=1S/C17H18N4OS/c1-3-14(16(22)19-12-7-4-6-11(2)10-12)23-17-20-13-8-5-9-18-15(13)21-17/h4-10,14H,3H2,1-2H3,(H,19,22)(H,18,20,21). The molecule has 118 valence electrons. The number of carbonyl (C=O) groups excluding carboxylic acids is 1. The molecule has 23 heavy (non-hydrogen) atoms. The molecule has 0 spiro atoms. The zero-order valence-corrected chi connectivity index (χ0v) is 13.9. The van der Waals surface area contributed by atoms with Crippen LogP contribution in [0.1, 0.15) is 18.9 Å². The van der Waals surface area contributed by atoms with Gasteiger partial charge in [0, 0.05) is 11.9 Å². The van der Waals surface area contributed by atoms with Crippen molar-refractivity contribution in [3.8, 4) is 0 Å². The molecule has 1 amide bonds. The molecule has 1 aromatic carbocycles. The number of hydrogen-bond acceptors (Lipinski definition) is 4. The molecule has 0 aliphatic carbocycles. The molecule has 0 saturated carbocycles. The highest BCUT2D eigenvalue weighted by Crippen LogP contribution is 2.25. The van der Waals surface area contributed by atoms with Gasteiger partial charge in [0.25, 0.3) is 0 Å². The summed E-state index contributed by atoms with van der Waals surface area (Å²) in [6.07, 6.45) is 2.42. The average Bonchev–Trinajstić information content (AvgIpc) is 2.95. The number of fused-ring (bicyclic) bond motifs is 1. The van der Waals surface area contributed by atoms with Gasteiger partial charge in [-0.3, -0.25) is 4.79 Å². The third-order valence-corrected chi connectivity index (χ3v) is 4.69. The van der Waals surface area contributed by atoms with Crippen LogP contribution in [0.5, 0.6) is 0 Å². The van der Waals surface area contributed by atoms with Gasteiger partial charge in [0.2, 0.25) is 5.91 Å². The number of anilines is 1. The number of nitrogens with zero attached hydrogens (tertiary/aromatic N) is 2. The number of H-pyrrole nitrogens is 1. The lowest BCUT2D eigenvalue weighted by molar-refractivity contribution is -0.115. The van der Waals surface area contributed by atoms with E-state index >= 15 is 0 Å². The van der Waals surface area contributed by atoms with Crippen molar-refractivity contribution in [3.63, 3.8) is 0 Å². The highest BCUT2D eigenvalue weighted by atomic mass is 32.2. The van der Waals surface area contributed by atoms with Crippen LogP contribution in [-0.2, 0) is 4.79 Å². The Morgan fingerprint density at radius 2 is 2.22 bits per heavy atom. The molecule has 2 aromatic heterocycles. The maximum atomic E-state index is 12.5. The predicted octanol–water partition coefficient (Wildman–Crippen LogP) is 3.78. The Morgan fingerprint density at radius 3 is 2.96 bits per heavy atom. The first-order valence-electron chi connectivity index (χ1n) is 7.50. The summed E-state index contributed by atoms with van der Waals surface area (Å²) in [5, 5.41) is 3.47. The number of imidazole rings is 1. The van der Waals surface area contributed by atoms with Crippen LogP contribution in [0.4, 0.5) is 5.69 Å². The van der Waals surface area contributed by atoms with Gasteiger partial charge in [-0.15, -0.1) is 0 Å².